The van der Waals surface area contributed by atoms with Crippen LogP contribution >= 0.6 is 0 Å². The molecule has 7 nitrogen and oxygen atoms in total. The number of carbonyl (C=O) groups excluding carboxylic acids is 1. The molecule has 0 saturated carbocycles. The van der Waals surface area contributed by atoms with Gasteiger partial charge in [0.2, 0.25) is 5.91 Å². The van der Waals surface area contributed by atoms with Crippen LogP contribution < -0.4 is 10.1 Å². The molecule has 0 bridgehead atoms. The first-order chi connectivity index (χ1) is 13.2. The van der Waals surface area contributed by atoms with E-state index >= 15 is 0 Å². The number of amides is 1. The minimum absolute atomic E-state index is 0.0560. The van der Waals surface area contributed by atoms with Crippen molar-refractivity contribution in [1.29, 1.82) is 5.26 Å². The molecule has 152 valence electrons. The molecule has 2 N–H and O–H groups in total. The predicted molar refractivity (Wildman–Crippen MR) is 91.4 cm³/mol. The molecule has 0 radical (unpaired) electrons. The molecule has 0 aromatic heterocycles. The summed E-state index contributed by atoms with van der Waals surface area (Å²) in [5, 5.41) is 19.5. The third-order valence-electron chi connectivity index (χ3n) is 4.60. The highest BCUT2D eigenvalue weighted by atomic mass is 19.4. The van der Waals surface area contributed by atoms with Gasteiger partial charge in [-0.05, 0) is 42.5 Å². The lowest BCUT2D eigenvalue weighted by atomic mass is 9.94. The van der Waals surface area contributed by atoms with E-state index in [2.05, 4.69) is 11.4 Å². The van der Waals surface area contributed by atoms with Crippen molar-refractivity contribution < 1.29 is 32.6 Å². The molecular weight excluding hydrogens is 379 g/mol. The highest BCUT2D eigenvalue weighted by Gasteiger charge is 2.38. The van der Waals surface area contributed by atoms with Crippen molar-refractivity contribution in [3.05, 3.63) is 29.3 Å². The third-order valence-corrected chi connectivity index (χ3v) is 4.60. The second-order valence-corrected chi connectivity index (χ2v) is 6.39. The molecule has 2 atom stereocenters. The van der Waals surface area contributed by atoms with Crippen LogP contribution in [0.4, 0.5) is 13.2 Å². The fourth-order valence-corrected chi connectivity index (χ4v) is 3.16. The number of methoxy groups -OCH3 is 1. The monoisotopic (exact) mass is 399 g/mol. The largest absolute Gasteiger partial charge is 0.497 e. The second kappa shape index (κ2) is 8.93. The van der Waals surface area contributed by atoms with Crippen LogP contribution in [0.25, 0.3) is 0 Å². The topological polar surface area (TPSA) is 103 Å². The number of hydrogen-bond acceptors (Lipinski definition) is 5. The number of fused-ring (bicyclic) bond motifs is 1. The summed E-state index contributed by atoms with van der Waals surface area (Å²) in [6, 6.07) is 7.72. The van der Waals surface area contributed by atoms with E-state index in [0.717, 1.165) is 18.6 Å². The Morgan fingerprint density at radius 3 is 2.61 bits per heavy atom. The Kier molecular flexibility index (Phi) is 6.85. The molecular formula is C18H20F3N3O4. The maximum Gasteiger partial charge on any atom is 0.490 e. The molecule has 3 rings (SSSR count). The number of likely N-dealkylation sites (tertiary alicyclic amines) is 1. The number of halogens is 3. The summed E-state index contributed by atoms with van der Waals surface area (Å²) < 4.78 is 37.0. The van der Waals surface area contributed by atoms with Crippen LogP contribution in [0.15, 0.2) is 18.2 Å². The molecule has 2 aliphatic rings. The smallest absolute Gasteiger partial charge is 0.490 e. The number of rotatable bonds is 2. The molecule has 10 heteroatoms. The van der Waals surface area contributed by atoms with E-state index in [-0.39, 0.29) is 18.0 Å². The normalized spacial score (nSPS) is 21.0. The standard InChI is InChI=1S/C16H19N3O2.C2HF3O2/c1-21-14-5-4-11-8-15(18-10-12(11)7-14)16(20)19-6-2-3-13(19)9-17;3-2(4,5)1(6)7/h4-5,7,13,15,18H,2-3,6,8,10H2,1H3;(H,6,7)/t13-,15-;/m0./s1. The molecule has 1 saturated heterocycles. The van der Waals surface area contributed by atoms with Gasteiger partial charge in [0.15, 0.2) is 0 Å². The van der Waals surface area contributed by atoms with Crippen LogP contribution in [0.2, 0.25) is 0 Å². The zero-order valence-electron chi connectivity index (χ0n) is 15.1. The lowest BCUT2D eigenvalue weighted by Gasteiger charge is -2.30. The van der Waals surface area contributed by atoms with Crippen LogP contribution in [0, 0.1) is 11.3 Å². The van der Waals surface area contributed by atoms with E-state index in [1.165, 1.54) is 11.1 Å². The van der Waals surface area contributed by atoms with Gasteiger partial charge in [-0.2, -0.15) is 18.4 Å². The first kappa shape index (κ1) is 21.5. The number of nitriles is 1. The summed E-state index contributed by atoms with van der Waals surface area (Å²) in [5.74, 6) is -1.86. The second-order valence-electron chi connectivity index (χ2n) is 6.39. The summed E-state index contributed by atoms with van der Waals surface area (Å²) in [6.07, 6.45) is -2.69. The number of benzene rings is 1. The number of hydrogen-bond donors (Lipinski definition) is 2. The van der Waals surface area contributed by atoms with Crippen molar-refractivity contribution in [1.82, 2.24) is 10.2 Å². The van der Waals surface area contributed by atoms with Gasteiger partial charge in [0.1, 0.15) is 11.8 Å². The lowest BCUT2D eigenvalue weighted by molar-refractivity contribution is -0.192. The number of ether oxygens (including phenoxy) is 1. The first-order valence-corrected chi connectivity index (χ1v) is 8.56. The molecule has 2 heterocycles. The van der Waals surface area contributed by atoms with Crippen LogP contribution in [0.1, 0.15) is 24.0 Å². The Balaban J connectivity index is 0.000000345. The van der Waals surface area contributed by atoms with Crippen molar-refractivity contribution >= 4 is 11.9 Å². The lowest BCUT2D eigenvalue weighted by Crippen LogP contribution is -2.50. The van der Waals surface area contributed by atoms with Crippen LogP contribution in [0.3, 0.4) is 0 Å². The molecule has 1 aromatic rings. The number of aliphatic carboxylic acids is 1. The van der Waals surface area contributed by atoms with Crippen molar-refractivity contribution in [3.8, 4) is 11.8 Å². The number of nitrogens with one attached hydrogen (secondary N) is 1. The van der Waals surface area contributed by atoms with E-state index in [1.807, 2.05) is 18.2 Å². The minimum Gasteiger partial charge on any atom is -0.497 e. The molecule has 0 spiro atoms. The van der Waals surface area contributed by atoms with E-state index in [1.54, 1.807) is 12.0 Å². The Morgan fingerprint density at radius 2 is 2.04 bits per heavy atom. The van der Waals surface area contributed by atoms with Gasteiger partial charge in [-0.15, -0.1) is 0 Å². The van der Waals surface area contributed by atoms with Gasteiger partial charge in [0.25, 0.3) is 0 Å². The highest BCUT2D eigenvalue weighted by Crippen LogP contribution is 2.24. The van der Waals surface area contributed by atoms with Gasteiger partial charge >= 0.3 is 12.1 Å². The highest BCUT2D eigenvalue weighted by molar-refractivity contribution is 5.83. The van der Waals surface area contributed by atoms with E-state index in [0.29, 0.717) is 19.5 Å². The predicted octanol–water partition coefficient (Wildman–Crippen LogP) is 1.86. The van der Waals surface area contributed by atoms with Crippen molar-refractivity contribution in [2.45, 2.75) is 44.1 Å². The quantitative estimate of drug-likeness (QED) is 0.787. The van der Waals surface area contributed by atoms with E-state index in [9.17, 15) is 18.0 Å². The Labute approximate surface area is 159 Å². The average molecular weight is 399 g/mol. The summed E-state index contributed by atoms with van der Waals surface area (Å²) in [6.45, 7) is 1.36. The zero-order valence-corrected chi connectivity index (χ0v) is 15.1. The van der Waals surface area contributed by atoms with E-state index in [4.69, 9.17) is 19.9 Å². The summed E-state index contributed by atoms with van der Waals surface area (Å²) >= 11 is 0. The van der Waals surface area contributed by atoms with Gasteiger partial charge < -0.3 is 20.1 Å². The van der Waals surface area contributed by atoms with Crippen molar-refractivity contribution in [3.63, 3.8) is 0 Å². The van der Waals surface area contributed by atoms with Crippen molar-refractivity contribution in [2.75, 3.05) is 13.7 Å². The fourth-order valence-electron chi connectivity index (χ4n) is 3.16. The zero-order chi connectivity index (χ0) is 20.9. The van der Waals surface area contributed by atoms with Gasteiger partial charge in [-0.3, -0.25) is 4.79 Å². The summed E-state index contributed by atoms with van der Waals surface area (Å²) in [7, 11) is 1.65. The van der Waals surface area contributed by atoms with Gasteiger partial charge in [0, 0.05) is 13.1 Å². The Morgan fingerprint density at radius 1 is 1.36 bits per heavy atom. The molecule has 28 heavy (non-hydrogen) atoms. The molecule has 0 unspecified atom stereocenters. The van der Waals surface area contributed by atoms with Crippen molar-refractivity contribution in [2.24, 2.45) is 0 Å². The third kappa shape index (κ3) is 5.13. The van der Waals surface area contributed by atoms with Gasteiger partial charge in [-0.1, -0.05) is 6.07 Å². The SMILES string of the molecule is COc1ccc2c(c1)CN[C@H](C(=O)N1CCC[C@H]1C#N)C2.O=C(O)C(F)(F)F. The maximum absolute atomic E-state index is 12.6. The molecule has 2 aliphatic heterocycles. The first-order valence-electron chi connectivity index (χ1n) is 8.56. The Hall–Kier alpha value is -2.80. The fraction of sp³-hybridized carbons (Fsp3) is 0.500. The number of carboxylic acids is 1. The summed E-state index contributed by atoms with van der Waals surface area (Å²) in [5.41, 5.74) is 2.36. The molecule has 1 fully saturated rings. The van der Waals surface area contributed by atoms with Gasteiger partial charge in [-0.25, -0.2) is 4.79 Å². The molecule has 1 amide bonds. The number of alkyl halides is 3. The molecule has 0 aliphatic carbocycles. The molecule has 1 aromatic carbocycles. The van der Waals surface area contributed by atoms with E-state index < -0.39 is 12.1 Å². The number of nitrogens with zero attached hydrogens (tertiary/aromatic N) is 2. The Bertz CT molecular complexity index is 776. The summed E-state index contributed by atoms with van der Waals surface area (Å²) in [4.78, 5) is 23.2. The maximum atomic E-state index is 12.6. The van der Waals surface area contributed by atoms with Crippen LogP contribution in [-0.2, 0) is 22.6 Å². The average Bonchev–Trinajstić information content (AvgIpc) is 3.15. The number of carboxylic acid groups (broad SMARTS) is 1. The van der Waals surface area contributed by atoms with Crippen LogP contribution in [0.5, 0.6) is 5.75 Å². The van der Waals surface area contributed by atoms with Crippen LogP contribution in [-0.4, -0.2) is 53.8 Å². The number of carbonyl (C=O) groups is 2. The minimum atomic E-state index is -5.08. The van der Waals surface area contributed by atoms with Gasteiger partial charge in [0.05, 0.1) is 19.2 Å².